The number of rotatable bonds is 3. The topological polar surface area (TPSA) is 63.1 Å². The van der Waals surface area contributed by atoms with E-state index in [1.807, 2.05) is 9.58 Å². The molecule has 1 aromatic rings. The van der Waals surface area contributed by atoms with E-state index in [9.17, 15) is 4.79 Å². The summed E-state index contributed by atoms with van der Waals surface area (Å²) in [5, 5.41) is 7.35. The summed E-state index contributed by atoms with van der Waals surface area (Å²) in [6.07, 6.45) is 0. The quantitative estimate of drug-likeness (QED) is 0.867. The lowest BCUT2D eigenvalue weighted by Gasteiger charge is -2.25. The number of carbonyl (C=O) groups excluding carboxylic acids is 1. The van der Waals surface area contributed by atoms with Crippen LogP contribution in [0, 0.1) is 0 Å². The summed E-state index contributed by atoms with van der Waals surface area (Å²) in [5.41, 5.74) is 0. The fourth-order valence-corrected chi connectivity index (χ4v) is 2.04. The molecule has 0 spiro atoms. The molecule has 0 aromatic carbocycles. The molecule has 6 heteroatoms. The van der Waals surface area contributed by atoms with Crippen molar-refractivity contribution in [1.29, 1.82) is 0 Å². The van der Waals surface area contributed by atoms with Crippen LogP contribution in [0.5, 0.6) is 0 Å². The molecule has 0 saturated carbocycles. The van der Waals surface area contributed by atoms with Gasteiger partial charge in [0.25, 0.3) is 0 Å². The predicted octanol–water partition coefficient (Wildman–Crippen LogP) is 0.919. The smallest absolute Gasteiger partial charge is 0.245 e. The molecule has 2 rings (SSSR count). The highest BCUT2D eigenvalue weighted by atomic mass is 16.2. The van der Waals surface area contributed by atoms with E-state index in [-0.39, 0.29) is 11.9 Å². The summed E-state index contributed by atoms with van der Waals surface area (Å²) >= 11 is 0. The number of aromatic nitrogens is 3. The molecule has 1 N–H and O–H groups in total. The lowest BCUT2D eigenvalue weighted by Crippen LogP contribution is -2.48. The Morgan fingerprint density at radius 2 is 2.00 bits per heavy atom. The Bertz CT molecular complexity index is 412. The second kappa shape index (κ2) is 4.96. The van der Waals surface area contributed by atoms with Crippen LogP contribution in [0.25, 0.3) is 0 Å². The first kappa shape index (κ1) is 12.9. The molecular formula is C12H21N5O. The predicted molar refractivity (Wildman–Crippen MR) is 69.7 cm³/mol. The molecule has 0 bridgehead atoms. The van der Waals surface area contributed by atoms with E-state index in [0.717, 1.165) is 12.4 Å². The van der Waals surface area contributed by atoms with E-state index in [4.69, 9.17) is 0 Å². The Morgan fingerprint density at radius 3 is 2.50 bits per heavy atom. The summed E-state index contributed by atoms with van der Waals surface area (Å²) in [4.78, 5) is 17.9. The van der Waals surface area contributed by atoms with Gasteiger partial charge in [0.2, 0.25) is 11.9 Å². The third-order valence-corrected chi connectivity index (χ3v) is 2.97. The van der Waals surface area contributed by atoms with Crippen molar-refractivity contribution in [3.8, 4) is 0 Å². The number of hydrogen-bond donors (Lipinski definition) is 1. The van der Waals surface area contributed by atoms with Gasteiger partial charge in [0.05, 0.1) is 6.54 Å². The Balaban J connectivity index is 2.28. The molecule has 1 aliphatic rings. The Morgan fingerprint density at radius 1 is 1.28 bits per heavy atom. The van der Waals surface area contributed by atoms with Gasteiger partial charge in [0, 0.05) is 25.0 Å². The summed E-state index contributed by atoms with van der Waals surface area (Å²) < 4.78 is 1.95. The molecule has 0 atom stereocenters. The van der Waals surface area contributed by atoms with Gasteiger partial charge < -0.3 is 10.2 Å². The minimum absolute atomic E-state index is 0.0354. The molecule has 2 heterocycles. The van der Waals surface area contributed by atoms with Gasteiger partial charge in [0.1, 0.15) is 5.82 Å². The largest absolute Gasteiger partial charge is 0.353 e. The first-order valence-electron chi connectivity index (χ1n) is 6.47. The van der Waals surface area contributed by atoms with Crippen LogP contribution in [0.2, 0.25) is 0 Å². The molecule has 0 radical (unpaired) electrons. The van der Waals surface area contributed by atoms with Gasteiger partial charge in [0.15, 0.2) is 0 Å². The zero-order valence-corrected chi connectivity index (χ0v) is 11.5. The van der Waals surface area contributed by atoms with Crippen molar-refractivity contribution in [3.05, 3.63) is 5.82 Å². The van der Waals surface area contributed by atoms with Gasteiger partial charge in [-0.15, -0.1) is 5.10 Å². The monoisotopic (exact) mass is 251 g/mol. The van der Waals surface area contributed by atoms with Crippen LogP contribution >= 0.6 is 0 Å². The van der Waals surface area contributed by atoms with Crippen molar-refractivity contribution < 1.29 is 4.79 Å². The van der Waals surface area contributed by atoms with Crippen LogP contribution in [0.1, 0.15) is 45.5 Å². The van der Waals surface area contributed by atoms with Gasteiger partial charge in [-0.3, -0.25) is 4.79 Å². The highest BCUT2D eigenvalue weighted by Crippen LogP contribution is 2.20. The Hall–Kier alpha value is -1.59. The number of hydrogen-bond acceptors (Lipinski definition) is 4. The van der Waals surface area contributed by atoms with E-state index < -0.39 is 0 Å². The number of carbonyl (C=O) groups is 1. The molecule has 0 unspecified atom stereocenters. The highest BCUT2D eigenvalue weighted by molar-refractivity contribution is 5.81. The fourth-order valence-electron chi connectivity index (χ4n) is 2.04. The maximum atomic E-state index is 11.4. The Labute approximate surface area is 107 Å². The van der Waals surface area contributed by atoms with E-state index >= 15 is 0 Å². The lowest BCUT2D eigenvalue weighted by atomic mass is 10.2. The second-order valence-electron chi connectivity index (χ2n) is 5.23. The van der Waals surface area contributed by atoms with Gasteiger partial charge in [-0.1, -0.05) is 13.8 Å². The van der Waals surface area contributed by atoms with Crippen LogP contribution in [0.15, 0.2) is 0 Å². The summed E-state index contributed by atoms with van der Waals surface area (Å²) in [6, 6.07) is 0.280. The molecule has 1 saturated heterocycles. The number of amides is 1. The third-order valence-electron chi connectivity index (χ3n) is 2.97. The molecule has 1 fully saturated rings. The maximum Gasteiger partial charge on any atom is 0.245 e. The third kappa shape index (κ3) is 2.47. The zero-order chi connectivity index (χ0) is 13.3. The number of piperazine rings is 1. The van der Waals surface area contributed by atoms with Crippen molar-refractivity contribution in [2.24, 2.45) is 0 Å². The first-order valence-corrected chi connectivity index (χ1v) is 6.47. The van der Waals surface area contributed by atoms with Crippen molar-refractivity contribution in [1.82, 2.24) is 20.1 Å². The minimum atomic E-state index is 0.0354. The van der Waals surface area contributed by atoms with E-state index in [0.29, 0.717) is 25.0 Å². The van der Waals surface area contributed by atoms with E-state index in [1.165, 1.54) is 0 Å². The fraction of sp³-hybridized carbons (Fsp3) is 0.750. The van der Waals surface area contributed by atoms with Crippen molar-refractivity contribution in [2.45, 2.75) is 39.7 Å². The maximum absolute atomic E-state index is 11.4. The number of nitrogens with one attached hydrogen (secondary N) is 1. The SMILES string of the molecule is CC(C)c1nc(N2CCNC(=O)C2)nn1C(C)C. The van der Waals surface area contributed by atoms with Crippen LogP contribution in [0.4, 0.5) is 5.95 Å². The van der Waals surface area contributed by atoms with Crippen molar-refractivity contribution >= 4 is 11.9 Å². The molecule has 1 aromatic heterocycles. The van der Waals surface area contributed by atoms with Gasteiger partial charge in [-0.25, -0.2) is 4.68 Å². The first-order chi connectivity index (χ1) is 8.49. The highest BCUT2D eigenvalue weighted by Gasteiger charge is 2.23. The molecule has 18 heavy (non-hydrogen) atoms. The molecule has 0 aliphatic carbocycles. The standard InChI is InChI=1S/C12H21N5O/c1-8(2)11-14-12(15-17(11)9(3)4)16-6-5-13-10(18)7-16/h8-9H,5-7H2,1-4H3,(H,13,18). The van der Waals surface area contributed by atoms with Gasteiger partial charge >= 0.3 is 0 Å². The van der Waals surface area contributed by atoms with Crippen LogP contribution in [-0.4, -0.2) is 40.3 Å². The summed E-state index contributed by atoms with van der Waals surface area (Å²) in [6.45, 7) is 10.2. The normalized spacial score (nSPS) is 16.6. The lowest BCUT2D eigenvalue weighted by molar-refractivity contribution is -0.120. The molecule has 100 valence electrons. The molecule has 1 amide bonds. The Kier molecular flexibility index (Phi) is 3.54. The molecular weight excluding hydrogens is 230 g/mol. The average molecular weight is 251 g/mol. The van der Waals surface area contributed by atoms with Crippen LogP contribution in [0.3, 0.4) is 0 Å². The molecule has 6 nitrogen and oxygen atoms in total. The van der Waals surface area contributed by atoms with Gasteiger partial charge in [-0.2, -0.15) is 4.98 Å². The van der Waals surface area contributed by atoms with E-state index in [1.54, 1.807) is 0 Å². The minimum Gasteiger partial charge on any atom is -0.353 e. The summed E-state index contributed by atoms with van der Waals surface area (Å²) in [5.74, 6) is 2.01. The second-order valence-corrected chi connectivity index (χ2v) is 5.23. The van der Waals surface area contributed by atoms with Crippen molar-refractivity contribution in [3.63, 3.8) is 0 Å². The van der Waals surface area contributed by atoms with E-state index in [2.05, 4.69) is 43.1 Å². The van der Waals surface area contributed by atoms with Crippen LogP contribution in [-0.2, 0) is 4.79 Å². The number of anilines is 1. The zero-order valence-electron chi connectivity index (χ0n) is 11.5. The number of nitrogens with zero attached hydrogens (tertiary/aromatic N) is 4. The molecule has 1 aliphatic heterocycles. The van der Waals surface area contributed by atoms with Crippen molar-refractivity contribution in [2.75, 3.05) is 24.5 Å². The summed E-state index contributed by atoms with van der Waals surface area (Å²) in [7, 11) is 0. The van der Waals surface area contributed by atoms with Crippen LogP contribution < -0.4 is 10.2 Å². The van der Waals surface area contributed by atoms with Gasteiger partial charge in [-0.05, 0) is 13.8 Å². The average Bonchev–Trinajstić information content (AvgIpc) is 2.73.